The van der Waals surface area contributed by atoms with Gasteiger partial charge in [0.2, 0.25) is 5.91 Å². The van der Waals surface area contributed by atoms with Crippen molar-refractivity contribution in [2.75, 3.05) is 11.9 Å². The predicted molar refractivity (Wildman–Crippen MR) is 72.1 cm³/mol. The Hall–Kier alpha value is -1.58. The molecule has 18 heavy (non-hydrogen) atoms. The summed E-state index contributed by atoms with van der Waals surface area (Å²) in [5, 5.41) is 5.83. The Kier molecular flexibility index (Phi) is 5.13. The Labute approximate surface area is 108 Å². The van der Waals surface area contributed by atoms with Gasteiger partial charge in [-0.3, -0.25) is 4.79 Å². The number of halogens is 1. The molecule has 0 aliphatic heterocycles. The quantitative estimate of drug-likeness (QED) is 0.846. The van der Waals surface area contributed by atoms with Crippen LogP contribution in [0, 0.1) is 18.7 Å². The van der Waals surface area contributed by atoms with E-state index in [1.165, 1.54) is 12.1 Å². The summed E-state index contributed by atoms with van der Waals surface area (Å²) in [6, 6.07) is 4.62. The van der Waals surface area contributed by atoms with Crippen molar-refractivity contribution < 1.29 is 9.18 Å². The monoisotopic (exact) mass is 252 g/mol. The van der Waals surface area contributed by atoms with Crippen LogP contribution in [-0.2, 0) is 4.79 Å². The predicted octanol–water partition coefficient (Wildman–Crippen LogP) is 2.71. The van der Waals surface area contributed by atoms with E-state index in [2.05, 4.69) is 24.5 Å². The molecule has 0 radical (unpaired) electrons. The number of anilines is 1. The number of carbonyl (C=O) groups excluding carboxylic acids is 1. The van der Waals surface area contributed by atoms with E-state index >= 15 is 0 Å². The van der Waals surface area contributed by atoms with Crippen molar-refractivity contribution in [3.8, 4) is 0 Å². The normalized spacial score (nSPS) is 12.3. The van der Waals surface area contributed by atoms with Crippen LogP contribution < -0.4 is 10.6 Å². The summed E-state index contributed by atoms with van der Waals surface area (Å²) in [6.45, 7) is 8.10. The summed E-state index contributed by atoms with van der Waals surface area (Å²) in [5.41, 5.74) is 1.57. The molecule has 3 nitrogen and oxygen atoms in total. The Morgan fingerprint density at radius 2 is 2.00 bits per heavy atom. The van der Waals surface area contributed by atoms with Crippen molar-refractivity contribution >= 4 is 11.6 Å². The third kappa shape index (κ3) is 4.35. The minimum absolute atomic E-state index is 0.0835. The summed E-state index contributed by atoms with van der Waals surface area (Å²) in [4.78, 5) is 11.7. The third-order valence-electron chi connectivity index (χ3n) is 3.03. The maximum Gasteiger partial charge on any atom is 0.239 e. The van der Waals surface area contributed by atoms with E-state index < -0.39 is 0 Å². The Morgan fingerprint density at radius 1 is 1.33 bits per heavy atom. The Bertz CT molecular complexity index is 418. The van der Waals surface area contributed by atoms with E-state index in [0.29, 0.717) is 11.6 Å². The fourth-order valence-corrected chi connectivity index (χ4v) is 1.43. The van der Waals surface area contributed by atoms with Crippen molar-refractivity contribution in [1.82, 2.24) is 5.32 Å². The van der Waals surface area contributed by atoms with Crippen LogP contribution in [0.5, 0.6) is 0 Å². The average molecular weight is 252 g/mol. The minimum Gasteiger partial charge on any atom is -0.376 e. The third-order valence-corrected chi connectivity index (χ3v) is 3.03. The molecule has 100 valence electrons. The number of hydrogen-bond donors (Lipinski definition) is 2. The highest BCUT2D eigenvalue weighted by Crippen LogP contribution is 2.15. The second kappa shape index (κ2) is 6.38. The first-order valence-electron chi connectivity index (χ1n) is 6.19. The molecule has 0 aliphatic rings. The van der Waals surface area contributed by atoms with Gasteiger partial charge < -0.3 is 10.6 Å². The fraction of sp³-hybridized carbons (Fsp3) is 0.500. The van der Waals surface area contributed by atoms with E-state index in [1.807, 2.05) is 13.8 Å². The van der Waals surface area contributed by atoms with Gasteiger partial charge in [-0.05, 0) is 37.5 Å². The molecule has 0 aliphatic carbocycles. The molecule has 0 heterocycles. The van der Waals surface area contributed by atoms with E-state index in [-0.39, 0.29) is 24.3 Å². The van der Waals surface area contributed by atoms with Gasteiger partial charge in [0.05, 0.1) is 6.54 Å². The maximum atomic E-state index is 13.0. The largest absolute Gasteiger partial charge is 0.376 e. The number of benzene rings is 1. The molecular weight excluding hydrogens is 231 g/mol. The van der Waals surface area contributed by atoms with E-state index in [4.69, 9.17) is 0 Å². The molecular formula is C14H21FN2O. The van der Waals surface area contributed by atoms with Crippen LogP contribution in [0.15, 0.2) is 18.2 Å². The van der Waals surface area contributed by atoms with Crippen LogP contribution in [0.4, 0.5) is 10.1 Å². The average Bonchev–Trinajstić information content (AvgIpc) is 2.30. The molecule has 1 atom stereocenters. The molecule has 1 unspecified atom stereocenters. The zero-order valence-corrected chi connectivity index (χ0v) is 11.4. The van der Waals surface area contributed by atoms with Gasteiger partial charge in [-0.2, -0.15) is 0 Å². The lowest BCUT2D eigenvalue weighted by atomic mass is 10.1. The second-order valence-electron chi connectivity index (χ2n) is 4.91. The van der Waals surface area contributed by atoms with Crippen molar-refractivity contribution in [2.45, 2.75) is 33.7 Å². The van der Waals surface area contributed by atoms with Crippen LogP contribution >= 0.6 is 0 Å². The van der Waals surface area contributed by atoms with Gasteiger partial charge >= 0.3 is 0 Å². The number of aryl methyl sites for hydroxylation is 1. The first-order chi connectivity index (χ1) is 8.40. The van der Waals surface area contributed by atoms with Crippen LogP contribution in [0.25, 0.3) is 0 Å². The Morgan fingerprint density at radius 3 is 2.61 bits per heavy atom. The molecule has 0 fully saturated rings. The molecule has 0 saturated heterocycles. The summed E-state index contributed by atoms with van der Waals surface area (Å²) < 4.78 is 13.0. The summed E-state index contributed by atoms with van der Waals surface area (Å²) in [5.74, 6) is 0.00349. The first-order valence-corrected chi connectivity index (χ1v) is 6.19. The zero-order valence-electron chi connectivity index (χ0n) is 11.4. The molecule has 0 saturated carbocycles. The van der Waals surface area contributed by atoms with Crippen molar-refractivity contribution in [3.05, 3.63) is 29.6 Å². The van der Waals surface area contributed by atoms with E-state index in [9.17, 15) is 9.18 Å². The molecule has 2 N–H and O–H groups in total. The van der Waals surface area contributed by atoms with Gasteiger partial charge in [-0.25, -0.2) is 4.39 Å². The standard InChI is InChI=1S/C14H21FN2O/c1-9(2)11(4)17-14(18)8-16-13-7-12(15)6-5-10(13)3/h5-7,9,11,16H,8H2,1-4H3,(H,17,18). The van der Waals surface area contributed by atoms with Crippen molar-refractivity contribution in [1.29, 1.82) is 0 Å². The van der Waals surface area contributed by atoms with Gasteiger partial charge in [-0.15, -0.1) is 0 Å². The van der Waals surface area contributed by atoms with Crippen LogP contribution in [0.2, 0.25) is 0 Å². The number of hydrogen-bond acceptors (Lipinski definition) is 2. The number of amides is 1. The smallest absolute Gasteiger partial charge is 0.239 e. The summed E-state index contributed by atoms with van der Waals surface area (Å²) in [6.07, 6.45) is 0. The highest BCUT2D eigenvalue weighted by atomic mass is 19.1. The highest BCUT2D eigenvalue weighted by molar-refractivity contribution is 5.81. The molecule has 0 spiro atoms. The first kappa shape index (κ1) is 14.5. The summed E-state index contributed by atoms with van der Waals surface area (Å²) >= 11 is 0. The van der Waals surface area contributed by atoms with Gasteiger partial charge in [0, 0.05) is 11.7 Å². The summed E-state index contributed by atoms with van der Waals surface area (Å²) in [7, 11) is 0. The lowest BCUT2D eigenvalue weighted by Gasteiger charge is -2.18. The molecule has 1 rings (SSSR count). The molecule has 1 amide bonds. The SMILES string of the molecule is Cc1ccc(F)cc1NCC(=O)NC(C)C(C)C. The van der Waals surface area contributed by atoms with Crippen LogP contribution in [0.1, 0.15) is 26.3 Å². The second-order valence-corrected chi connectivity index (χ2v) is 4.91. The maximum absolute atomic E-state index is 13.0. The van der Waals surface area contributed by atoms with Gasteiger partial charge in [-0.1, -0.05) is 19.9 Å². The van der Waals surface area contributed by atoms with Crippen molar-refractivity contribution in [2.24, 2.45) is 5.92 Å². The Balaban J connectivity index is 2.50. The van der Waals surface area contributed by atoms with Gasteiger partial charge in [0.25, 0.3) is 0 Å². The number of nitrogens with one attached hydrogen (secondary N) is 2. The lowest BCUT2D eigenvalue weighted by Crippen LogP contribution is -2.39. The molecule has 0 bridgehead atoms. The fourth-order valence-electron chi connectivity index (χ4n) is 1.43. The molecule has 4 heteroatoms. The topological polar surface area (TPSA) is 41.1 Å². The molecule has 0 aromatic heterocycles. The molecule has 1 aromatic carbocycles. The van der Waals surface area contributed by atoms with Crippen molar-refractivity contribution in [3.63, 3.8) is 0 Å². The zero-order chi connectivity index (χ0) is 13.7. The van der Waals surface area contributed by atoms with Gasteiger partial charge in [0.1, 0.15) is 5.82 Å². The number of rotatable bonds is 5. The van der Waals surface area contributed by atoms with Crippen LogP contribution in [0.3, 0.4) is 0 Å². The lowest BCUT2D eigenvalue weighted by molar-refractivity contribution is -0.120. The minimum atomic E-state index is -0.306. The molecule has 1 aromatic rings. The van der Waals surface area contributed by atoms with E-state index in [0.717, 1.165) is 5.56 Å². The highest BCUT2D eigenvalue weighted by Gasteiger charge is 2.10. The van der Waals surface area contributed by atoms with Gasteiger partial charge in [0.15, 0.2) is 0 Å². The van der Waals surface area contributed by atoms with E-state index in [1.54, 1.807) is 6.07 Å². The number of carbonyl (C=O) groups is 1. The van der Waals surface area contributed by atoms with Crippen LogP contribution in [-0.4, -0.2) is 18.5 Å².